The van der Waals surface area contributed by atoms with Gasteiger partial charge in [-0.25, -0.2) is 0 Å². The van der Waals surface area contributed by atoms with Crippen LogP contribution in [0.4, 0.5) is 0 Å². The zero-order chi connectivity index (χ0) is 6.62. The van der Waals surface area contributed by atoms with E-state index >= 15 is 0 Å². The fourth-order valence-corrected chi connectivity index (χ4v) is 1.02. The van der Waals surface area contributed by atoms with E-state index in [9.17, 15) is 0 Å². The minimum absolute atomic E-state index is 0.122. The molecule has 0 bridgehead atoms. The van der Waals surface area contributed by atoms with Crippen LogP contribution in [0.15, 0.2) is 0 Å². The predicted molar refractivity (Wildman–Crippen MR) is 30.9 cm³/mol. The highest BCUT2D eigenvalue weighted by molar-refractivity contribution is 6.61. The SMILES string of the molecule is NCC[Si](O)(O)O[Si]. The Hall–Kier alpha value is 0.274. The monoisotopic (exact) mass is 150 g/mol. The van der Waals surface area contributed by atoms with E-state index in [4.69, 9.17) is 15.3 Å². The molecule has 6 heteroatoms. The maximum atomic E-state index is 8.67. The third kappa shape index (κ3) is 3.30. The summed E-state index contributed by atoms with van der Waals surface area (Å²) >= 11 is 0. The van der Waals surface area contributed by atoms with Crippen LogP contribution in [0.5, 0.6) is 0 Å². The van der Waals surface area contributed by atoms with Gasteiger partial charge in [0.15, 0.2) is 0 Å². The highest BCUT2D eigenvalue weighted by atomic mass is 28.4. The number of hydrogen-bond donors (Lipinski definition) is 3. The lowest BCUT2D eigenvalue weighted by Gasteiger charge is -2.12. The summed E-state index contributed by atoms with van der Waals surface area (Å²) in [6, 6.07) is 0.122. The van der Waals surface area contributed by atoms with Crippen LogP contribution in [0, 0.1) is 0 Å². The zero-order valence-corrected chi connectivity index (χ0v) is 6.29. The van der Waals surface area contributed by atoms with Gasteiger partial charge in [-0.3, -0.25) is 0 Å². The van der Waals surface area contributed by atoms with E-state index in [0.717, 1.165) is 0 Å². The lowest BCUT2D eigenvalue weighted by atomic mass is 10.8. The first kappa shape index (κ1) is 8.27. The molecule has 0 saturated heterocycles. The summed E-state index contributed by atoms with van der Waals surface area (Å²) in [5, 5.41) is 0. The fourth-order valence-electron chi connectivity index (χ4n) is 0.239. The summed E-state index contributed by atoms with van der Waals surface area (Å²) in [5.74, 6) is 0. The molecule has 0 aromatic rings. The summed E-state index contributed by atoms with van der Waals surface area (Å²) in [4.78, 5) is 17.3. The first-order valence-electron chi connectivity index (χ1n) is 2.12. The van der Waals surface area contributed by atoms with Gasteiger partial charge < -0.3 is 19.4 Å². The van der Waals surface area contributed by atoms with Gasteiger partial charge in [-0.15, -0.1) is 0 Å². The van der Waals surface area contributed by atoms with Crippen LogP contribution < -0.4 is 5.73 Å². The molecule has 4 nitrogen and oxygen atoms in total. The zero-order valence-electron chi connectivity index (χ0n) is 4.29. The highest BCUT2D eigenvalue weighted by Crippen LogP contribution is 1.97. The second-order valence-electron chi connectivity index (χ2n) is 1.38. The highest BCUT2D eigenvalue weighted by Gasteiger charge is 2.28. The molecule has 0 saturated carbocycles. The molecule has 47 valence electrons. The van der Waals surface area contributed by atoms with E-state index < -0.39 is 8.80 Å². The average molecular weight is 150 g/mol. The van der Waals surface area contributed by atoms with Crippen LogP contribution in [0.25, 0.3) is 0 Å². The molecule has 0 heterocycles. The van der Waals surface area contributed by atoms with Crippen molar-refractivity contribution in [3.8, 4) is 0 Å². The van der Waals surface area contributed by atoms with Crippen LogP contribution in [0.1, 0.15) is 0 Å². The van der Waals surface area contributed by atoms with Crippen LogP contribution in [0.3, 0.4) is 0 Å². The summed E-state index contributed by atoms with van der Waals surface area (Å²) < 4.78 is 4.15. The molecule has 8 heavy (non-hydrogen) atoms. The molecule has 0 amide bonds. The van der Waals surface area contributed by atoms with Crippen molar-refractivity contribution < 1.29 is 13.7 Å². The largest absolute Gasteiger partial charge is 0.486 e. The molecule has 4 N–H and O–H groups in total. The summed E-state index contributed by atoms with van der Waals surface area (Å²) in [7, 11) is -0.866. The quantitative estimate of drug-likeness (QED) is 0.406. The number of nitrogens with two attached hydrogens (primary N) is 1. The van der Waals surface area contributed by atoms with E-state index in [1.165, 1.54) is 0 Å². The topological polar surface area (TPSA) is 75.7 Å². The normalized spacial score (nSPS) is 12.0. The van der Waals surface area contributed by atoms with Gasteiger partial charge in [0.25, 0.3) is 0 Å². The summed E-state index contributed by atoms with van der Waals surface area (Å²) in [6.45, 7) is 0.226. The van der Waals surface area contributed by atoms with Crippen LogP contribution in [0.2, 0.25) is 6.04 Å². The lowest BCUT2D eigenvalue weighted by Crippen LogP contribution is -2.39. The Morgan fingerprint density at radius 2 is 2.12 bits per heavy atom. The van der Waals surface area contributed by atoms with Crippen molar-refractivity contribution in [1.29, 1.82) is 0 Å². The Kier molecular flexibility index (Phi) is 3.44. The van der Waals surface area contributed by atoms with Crippen LogP contribution in [-0.4, -0.2) is 35.4 Å². The lowest BCUT2D eigenvalue weighted by molar-refractivity contribution is 0.249. The first-order valence-corrected chi connectivity index (χ1v) is 4.54. The molecule has 0 spiro atoms. The minimum atomic E-state index is -3.39. The van der Waals surface area contributed by atoms with Crippen molar-refractivity contribution in [2.24, 2.45) is 5.73 Å². The molecule has 0 fully saturated rings. The van der Waals surface area contributed by atoms with Crippen molar-refractivity contribution in [3.05, 3.63) is 0 Å². The van der Waals surface area contributed by atoms with Gasteiger partial charge in [0.2, 0.25) is 10.5 Å². The predicted octanol–water partition coefficient (Wildman–Crippen LogP) is -2.03. The molecular formula is C2H8NO3Si2. The Morgan fingerprint density at radius 1 is 1.62 bits per heavy atom. The van der Waals surface area contributed by atoms with Gasteiger partial charge >= 0.3 is 8.80 Å². The van der Waals surface area contributed by atoms with E-state index in [-0.39, 0.29) is 12.6 Å². The van der Waals surface area contributed by atoms with Gasteiger partial charge in [0.1, 0.15) is 0 Å². The van der Waals surface area contributed by atoms with Crippen molar-refractivity contribution in [3.63, 3.8) is 0 Å². The third-order valence-electron chi connectivity index (χ3n) is 0.633. The summed E-state index contributed by atoms with van der Waals surface area (Å²) in [6.07, 6.45) is 0. The standard InChI is InChI=1S/C2H8NO3Si2/c3-1-2-8(4,5)6-7/h4-5H,1-3H2. The molecule has 0 unspecified atom stereocenters. The van der Waals surface area contributed by atoms with Gasteiger partial charge in [-0.05, 0) is 6.54 Å². The van der Waals surface area contributed by atoms with Gasteiger partial charge in [-0.2, -0.15) is 0 Å². The molecule has 0 aliphatic rings. The maximum absolute atomic E-state index is 8.67. The Labute approximate surface area is 52.2 Å². The fraction of sp³-hybridized carbons (Fsp3) is 1.00. The van der Waals surface area contributed by atoms with Crippen molar-refractivity contribution in [1.82, 2.24) is 0 Å². The van der Waals surface area contributed by atoms with Gasteiger partial charge in [-0.1, -0.05) is 0 Å². The van der Waals surface area contributed by atoms with Gasteiger partial charge in [0, 0.05) is 6.04 Å². The second-order valence-corrected chi connectivity index (χ2v) is 4.19. The van der Waals surface area contributed by atoms with Crippen molar-refractivity contribution in [2.75, 3.05) is 6.54 Å². The molecule has 0 rings (SSSR count). The van der Waals surface area contributed by atoms with Crippen LogP contribution in [-0.2, 0) is 4.12 Å². The molecule has 0 aliphatic carbocycles. The number of rotatable bonds is 3. The van der Waals surface area contributed by atoms with E-state index in [1.54, 1.807) is 0 Å². The molecular weight excluding hydrogens is 142 g/mol. The third-order valence-corrected chi connectivity index (χ3v) is 2.88. The smallest absolute Gasteiger partial charge is 0.416 e. The number of hydrogen-bond acceptors (Lipinski definition) is 4. The van der Waals surface area contributed by atoms with Crippen LogP contribution >= 0.6 is 0 Å². The van der Waals surface area contributed by atoms with E-state index in [1.807, 2.05) is 0 Å². The first-order chi connectivity index (χ1) is 3.62. The van der Waals surface area contributed by atoms with Crippen molar-refractivity contribution in [2.45, 2.75) is 6.04 Å². The van der Waals surface area contributed by atoms with E-state index in [2.05, 4.69) is 14.6 Å². The summed E-state index contributed by atoms with van der Waals surface area (Å²) in [5.41, 5.74) is 5.00. The maximum Gasteiger partial charge on any atom is 0.486 e. The molecule has 3 radical (unpaired) electrons. The molecule has 0 aromatic carbocycles. The Bertz CT molecular complexity index is 68.3. The van der Waals surface area contributed by atoms with Gasteiger partial charge in [0.05, 0.1) is 0 Å². The second kappa shape index (κ2) is 3.33. The average Bonchev–Trinajstić information content (AvgIpc) is 1.67. The minimum Gasteiger partial charge on any atom is -0.416 e. The van der Waals surface area contributed by atoms with Crippen molar-refractivity contribution >= 4 is 19.3 Å². The molecule has 0 atom stereocenters. The Morgan fingerprint density at radius 3 is 2.25 bits per heavy atom. The molecule has 0 aliphatic heterocycles. The molecule has 0 aromatic heterocycles. The Balaban J connectivity index is 3.37. The van der Waals surface area contributed by atoms with E-state index in [0.29, 0.717) is 0 Å².